The summed E-state index contributed by atoms with van der Waals surface area (Å²) in [5, 5.41) is 3.26. The fourth-order valence-electron chi connectivity index (χ4n) is 4.43. The van der Waals surface area contributed by atoms with Crippen LogP contribution in [0.15, 0.2) is 72.1 Å². The quantitative estimate of drug-likeness (QED) is 0.349. The van der Waals surface area contributed by atoms with Crippen LogP contribution < -0.4 is 10.0 Å². The molecule has 1 aliphatic heterocycles. The molecule has 0 fully saturated rings. The van der Waals surface area contributed by atoms with Gasteiger partial charge in [0, 0.05) is 0 Å². The van der Waals surface area contributed by atoms with Gasteiger partial charge in [-0.05, 0) is 51.0 Å². The van der Waals surface area contributed by atoms with Crippen molar-refractivity contribution < 1.29 is 43.2 Å². The lowest BCUT2D eigenvalue weighted by atomic mass is 10.1. The van der Waals surface area contributed by atoms with E-state index in [4.69, 9.17) is 0 Å². The van der Waals surface area contributed by atoms with Gasteiger partial charge in [-0.15, -0.1) is 0 Å². The summed E-state index contributed by atoms with van der Waals surface area (Å²) in [6, 6.07) is 15.4. The predicted octanol–water partition coefficient (Wildman–Crippen LogP) is 5.91. The van der Waals surface area contributed by atoms with Crippen LogP contribution in [0.4, 0.5) is 37.7 Å². The first kappa shape index (κ1) is 30.7. The molecule has 0 unspecified atom stereocenters. The number of hydrogen-bond donors (Lipinski definition) is 0. The van der Waals surface area contributed by atoms with Gasteiger partial charge < -0.3 is 0 Å². The first-order valence-corrected chi connectivity index (χ1v) is 14.4. The van der Waals surface area contributed by atoms with Crippen LogP contribution in [-0.4, -0.2) is 42.3 Å². The Morgan fingerprint density at radius 1 is 0.641 bits per heavy atom. The number of sulfonamides is 2. The Hall–Kier alpha value is -2.82. The van der Waals surface area contributed by atoms with Gasteiger partial charge in [0.05, 0.1) is 22.8 Å². The fraction of sp³-hybridized carbons (Fsp3) is 0.391. The van der Waals surface area contributed by atoms with Crippen molar-refractivity contribution in [2.75, 3.05) is 10.0 Å². The highest BCUT2D eigenvalue weighted by molar-refractivity contribution is 8.04. The summed E-state index contributed by atoms with van der Waals surface area (Å²) in [4.78, 5) is 0. The number of para-hydroxylation sites is 2. The molecular weight excluding hydrogens is 574 g/mol. The van der Waals surface area contributed by atoms with Crippen molar-refractivity contribution in [1.29, 1.82) is 0 Å². The van der Waals surface area contributed by atoms with Crippen LogP contribution in [-0.2, 0) is 20.0 Å². The van der Waals surface area contributed by atoms with E-state index in [2.05, 4.69) is 0 Å². The molecule has 1 heterocycles. The van der Waals surface area contributed by atoms with E-state index in [1.165, 1.54) is 48.1 Å². The molecule has 0 aromatic heterocycles. The maximum absolute atomic E-state index is 14.0. The molecule has 0 saturated heterocycles. The zero-order valence-electron chi connectivity index (χ0n) is 21.2. The number of nitrogens with zero attached hydrogens (tertiary/aromatic N) is 4. The van der Waals surface area contributed by atoms with Gasteiger partial charge in [-0.25, -0.2) is 16.8 Å². The number of rotatable bonds is 8. The number of allylic oxidation sites excluding steroid dienone is 2. The van der Waals surface area contributed by atoms with E-state index >= 15 is 0 Å². The number of benzene rings is 2. The molecule has 0 saturated carbocycles. The van der Waals surface area contributed by atoms with Gasteiger partial charge in [0.25, 0.3) is 0 Å². The predicted molar refractivity (Wildman–Crippen MR) is 133 cm³/mol. The molecule has 2 aromatic carbocycles. The highest BCUT2D eigenvalue weighted by atomic mass is 32.3. The van der Waals surface area contributed by atoms with Crippen molar-refractivity contribution in [3.8, 4) is 0 Å². The molecule has 0 atom stereocenters. The molecule has 0 spiro atoms. The fourth-order valence-corrected chi connectivity index (χ4v) is 7.90. The second-order valence-corrected chi connectivity index (χ2v) is 12.3. The Kier molecular flexibility index (Phi) is 8.11. The Balaban J connectivity index is 2.52. The molecule has 1 aliphatic rings. The number of alkyl halides is 6. The zero-order chi connectivity index (χ0) is 29.6. The average molecular weight is 601 g/mol. The van der Waals surface area contributed by atoms with Crippen LogP contribution in [0.25, 0.3) is 0 Å². The van der Waals surface area contributed by atoms with Crippen molar-refractivity contribution in [2.24, 2.45) is 0 Å². The zero-order valence-corrected chi connectivity index (χ0v) is 22.8. The van der Waals surface area contributed by atoms with Crippen LogP contribution in [0.2, 0.25) is 0 Å². The van der Waals surface area contributed by atoms with E-state index in [0.717, 1.165) is 19.0 Å². The van der Waals surface area contributed by atoms with E-state index in [1.54, 1.807) is 36.4 Å². The maximum atomic E-state index is 14.0. The normalized spacial score (nSPS) is 16.5. The minimum Gasteiger partial charge on any atom is -0.257 e. The van der Waals surface area contributed by atoms with Gasteiger partial charge in [-0.3, -0.25) is 10.0 Å². The van der Waals surface area contributed by atoms with Gasteiger partial charge in [0.15, 0.2) is 0 Å². The molecule has 216 valence electrons. The lowest BCUT2D eigenvalue weighted by molar-refractivity contribution is -0.0690. The summed E-state index contributed by atoms with van der Waals surface area (Å²) in [5.74, 6) is 0. The molecule has 0 amide bonds. The van der Waals surface area contributed by atoms with E-state index in [0.29, 0.717) is 11.4 Å². The summed E-state index contributed by atoms with van der Waals surface area (Å²) in [6.45, 7) is 5.28. The van der Waals surface area contributed by atoms with Crippen LogP contribution in [0, 0.1) is 0 Å². The third-order valence-corrected chi connectivity index (χ3v) is 10.3. The molecule has 2 aromatic rings. The standard InChI is InChI=1S/C23H26F6N4O4S2/c1-5-21(6-2,33(38(34,35)22(24,25)26)39(36,37)23(27,28)29)32-30(19-13-9-7-10-14-19)17(3)18(4)31(32)20-15-11-8-12-16-20/h7-16H,5-6H2,1-4H3. The first-order chi connectivity index (χ1) is 17.9. The van der Waals surface area contributed by atoms with Crippen LogP contribution in [0.3, 0.4) is 0 Å². The second kappa shape index (κ2) is 10.3. The molecular formula is C23H26F6N4O4S2. The Morgan fingerprint density at radius 3 is 1.21 bits per heavy atom. The van der Waals surface area contributed by atoms with Crippen LogP contribution >= 0.6 is 0 Å². The molecule has 0 bridgehead atoms. The topological polar surface area (TPSA) is 81.2 Å². The smallest absolute Gasteiger partial charge is 0.257 e. The first-order valence-electron chi connectivity index (χ1n) is 11.5. The SMILES string of the molecule is CCC(CC)(N1N(c2ccccc2)C(C)=C(C)N1c1ccccc1)N(S(=O)(=O)C(F)(F)F)S(=O)(=O)C(F)(F)F. The van der Waals surface area contributed by atoms with Gasteiger partial charge >= 0.3 is 31.1 Å². The number of hydrazine groups is 2. The number of anilines is 2. The Labute approximate surface area is 222 Å². The van der Waals surface area contributed by atoms with Crippen molar-refractivity contribution >= 4 is 31.4 Å². The van der Waals surface area contributed by atoms with E-state index in [-0.39, 0.29) is 11.4 Å². The summed E-state index contributed by atoms with van der Waals surface area (Å²) in [5.41, 5.74) is -14.7. The third-order valence-electron chi connectivity index (χ3n) is 6.41. The molecule has 16 heteroatoms. The lowest BCUT2D eigenvalue weighted by Crippen LogP contribution is -2.72. The van der Waals surface area contributed by atoms with E-state index < -0.39 is 53.3 Å². The third kappa shape index (κ3) is 4.87. The van der Waals surface area contributed by atoms with Gasteiger partial charge in [-0.1, -0.05) is 59.1 Å². The maximum Gasteiger partial charge on any atom is 0.512 e. The molecule has 8 nitrogen and oxygen atoms in total. The monoisotopic (exact) mass is 600 g/mol. The number of halogens is 6. The van der Waals surface area contributed by atoms with Crippen LogP contribution in [0.1, 0.15) is 40.5 Å². The van der Waals surface area contributed by atoms with Crippen molar-refractivity contribution in [3.05, 3.63) is 72.1 Å². The molecule has 39 heavy (non-hydrogen) atoms. The molecule has 3 rings (SSSR count). The Morgan fingerprint density at radius 2 is 0.949 bits per heavy atom. The summed E-state index contributed by atoms with van der Waals surface area (Å²) >= 11 is 0. The van der Waals surface area contributed by atoms with Crippen molar-refractivity contribution in [1.82, 2.24) is 8.83 Å². The van der Waals surface area contributed by atoms with Gasteiger partial charge in [-0.2, -0.15) is 26.3 Å². The highest BCUT2D eigenvalue weighted by Crippen LogP contribution is 2.49. The van der Waals surface area contributed by atoms with E-state index in [9.17, 15) is 43.2 Å². The van der Waals surface area contributed by atoms with Crippen molar-refractivity contribution in [2.45, 2.75) is 57.2 Å². The largest absolute Gasteiger partial charge is 0.512 e. The molecule has 0 radical (unpaired) electrons. The van der Waals surface area contributed by atoms with Crippen molar-refractivity contribution in [3.63, 3.8) is 0 Å². The molecule has 0 N–H and O–H groups in total. The Bertz CT molecular complexity index is 1330. The minimum absolute atomic E-state index is 0.229. The highest BCUT2D eigenvalue weighted by Gasteiger charge is 2.70. The minimum atomic E-state index is -7.13. The number of hydrogen-bond acceptors (Lipinski definition) is 7. The lowest BCUT2D eigenvalue weighted by Gasteiger charge is -2.52. The van der Waals surface area contributed by atoms with Gasteiger partial charge in [0.1, 0.15) is 5.66 Å². The second-order valence-electron chi connectivity index (χ2n) is 8.54. The van der Waals surface area contributed by atoms with E-state index in [1.807, 2.05) is 0 Å². The summed E-state index contributed by atoms with van der Waals surface area (Å²) in [7, 11) is -14.3. The summed E-state index contributed by atoms with van der Waals surface area (Å²) in [6.07, 6.45) is -1.61. The summed E-state index contributed by atoms with van der Waals surface area (Å²) < 4.78 is 134. The average Bonchev–Trinajstić information content (AvgIpc) is 3.12. The van der Waals surface area contributed by atoms with Gasteiger partial charge in [0.2, 0.25) is 0 Å². The molecule has 0 aliphatic carbocycles. The van der Waals surface area contributed by atoms with Crippen LogP contribution in [0.5, 0.6) is 0 Å².